The molecule has 0 N–H and O–H groups in total. The number of esters is 1. The Balaban J connectivity index is 1.93. The summed E-state index contributed by atoms with van der Waals surface area (Å²) in [5.74, 6) is -0.653. The molecule has 0 saturated heterocycles. The van der Waals surface area contributed by atoms with E-state index in [0.29, 0.717) is 17.5 Å². The fourth-order valence-corrected chi connectivity index (χ4v) is 3.47. The van der Waals surface area contributed by atoms with Crippen LogP contribution in [0.5, 0.6) is 0 Å². The van der Waals surface area contributed by atoms with Crippen molar-refractivity contribution in [3.05, 3.63) is 78.4 Å². The van der Waals surface area contributed by atoms with Crippen molar-refractivity contribution in [2.24, 2.45) is 0 Å². The van der Waals surface area contributed by atoms with Crippen LogP contribution in [0.2, 0.25) is 0 Å². The van der Waals surface area contributed by atoms with Gasteiger partial charge in [-0.2, -0.15) is 0 Å². The van der Waals surface area contributed by atoms with E-state index in [4.69, 9.17) is 4.74 Å². The number of imidazole rings is 1. The monoisotopic (exact) mass is 356 g/mol. The maximum absolute atomic E-state index is 13.5. The van der Waals surface area contributed by atoms with E-state index in [1.165, 1.54) is 23.9 Å². The molecule has 0 aliphatic carbocycles. The first-order valence-corrected chi connectivity index (χ1v) is 8.74. The Labute approximate surface area is 149 Å². The number of carbonyl (C=O) groups is 1. The molecular formula is C19H17FN2O2S. The lowest BCUT2D eigenvalue weighted by Crippen LogP contribution is -2.14. The molecule has 0 spiro atoms. The second-order valence-electron chi connectivity index (χ2n) is 5.22. The van der Waals surface area contributed by atoms with Gasteiger partial charge >= 0.3 is 5.97 Å². The summed E-state index contributed by atoms with van der Waals surface area (Å²) in [4.78, 5) is 16.8. The van der Waals surface area contributed by atoms with E-state index < -0.39 is 5.25 Å². The van der Waals surface area contributed by atoms with E-state index in [2.05, 4.69) is 4.98 Å². The molecule has 0 saturated carbocycles. The summed E-state index contributed by atoms with van der Waals surface area (Å²) in [7, 11) is 0. The zero-order valence-corrected chi connectivity index (χ0v) is 14.4. The van der Waals surface area contributed by atoms with Gasteiger partial charge in [0.2, 0.25) is 0 Å². The van der Waals surface area contributed by atoms with Crippen molar-refractivity contribution >= 4 is 17.7 Å². The number of thioether (sulfide) groups is 1. The molecule has 1 aromatic heterocycles. The van der Waals surface area contributed by atoms with Crippen molar-refractivity contribution in [1.82, 2.24) is 9.55 Å². The van der Waals surface area contributed by atoms with Crippen LogP contribution in [0.3, 0.4) is 0 Å². The third kappa shape index (κ3) is 4.09. The van der Waals surface area contributed by atoms with Gasteiger partial charge < -0.3 is 4.74 Å². The van der Waals surface area contributed by atoms with Crippen LogP contribution in [0, 0.1) is 5.82 Å². The fraction of sp³-hybridized carbons (Fsp3) is 0.158. The first kappa shape index (κ1) is 17.2. The molecule has 0 aliphatic rings. The Hall–Kier alpha value is -2.60. The molecule has 1 atom stereocenters. The Morgan fingerprint density at radius 1 is 1.24 bits per heavy atom. The number of nitrogens with zero attached hydrogens (tertiary/aromatic N) is 2. The third-order valence-corrected chi connectivity index (χ3v) is 4.73. The number of carbonyl (C=O) groups excluding carboxylic acids is 1. The molecule has 2 aromatic carbocycles. The molecule has 0 fully saturated rings. The highest BCUT2D eigenvalue weighted by atomic mass is 32.2. The Kier molecular flexibility index (Phi) is 5.50. The number of ether oxygens (including phenoxy) is 1. The maximum Gasteiger partial charge on any atom is 0.324 e. The number of aromatic nitrogens is 2. The third-order valence-electron chi connectivity index (χ3n) is 3.52. The molecule has 128 valence electrons. The predicted molar refractivity (Wildman–Crippen MR) is 95.2 cm³/mol. The van der Waals surface area contributed by atoms with Crippen LogP contribution in [-0.4, -0.2) is 22.1 Å². The molecule has 3 rings (SSSR count). The van der Waals surface area contributed by atoms with Gasteiger partial charge in [0.25, 0.3) is 0 Å². The Morgan fingerprint density at radius 2 is 2.04 bits per heavy atom. The average molecular weight is 356 g/mol. The number of benzene rings is 2. The van der Waals surface area contributed by atoms with E-state index in [1.807, 2.05) is 30.3 Å². The van der Waals surface area contributed by atoms with Crippen LogP contribution in [0.4, 0.5) is 4.39 Å². The smallest absolute Gasteiger partial charge is 0.324 e. The molecule has 0 unspecified atom stereocenters. The van der Waals surface area contributed by atoms with Crippen molar-refractivity contribution in [2.45, 2.75) is 17.3 Å². The molecule has 0 radical (unpaired) electrons. The summed E-state index contributed by atoms with van der Waals surface area (Å²) in [6, 6.07) is 15.6. The minimum atomic E-state index is -0.546. The summed E-state index contributed by atoms with van der Waals surface area (Å²) in [5.41, 5.74) is 1.48. The largest absolute Gasteiger partial charge is 0.465 e. The quantitative estimate of drug-likeness (QED) is 0.485. The van der Waals surface area contributed by atoms with E-state index in [9.17, 15) is 9.18 Å². The van der Waals surface area contributed by atoms with Gasteiger partial charge in [-0.25, -0.2) is 9.37 Å². The number of rotatable bonds is 6. The van der Waals surface area contributed by atoms with Crippen LogP contribution in [0.15, 0.2) is 72.1 Å². The second kappa shape index (κ2) is 7.98. The Morgan fingerprint density at radius 3 is 2.76 bits per heavy atom. The zero-order chi connectivity index (χ0) is 17.6. The van der Waals surface area contributed by atoms with Crippen LogP contribution in [-0.2, 0) is 9.53 Å². The highest BCUT2D eigenvalue weighted by Crippen LogP contribution is 2.36. The van der Waals surface area contributed by atoms with Crippen LogP contribution in [0.1, 0.15) is 17.7 Å². The second-order valence-corrected chi connectivity index (χ2v) is 6.29. The van der Waals surface area contributed by atoms with Gasteiger partial charge in [0, 0.05) is 12.4 Å². The number of halogens is 1. The zero-order valence-electron chi connectivity index (χ0n) is 13.6. The van der Waals surface area contributed by atoms with Crippen molar-refractivity contribution in [3.8, 4) is 5.69 Å². The first-order chi connectivity index (χ1) is 12.2. The molecule has 6 heteroatoms. The van der Waals surface area contributed by atoms with Gasteiger partial charge in [0.1, 0.15) is 11.1 Å². The van der Waals surface area contributed by atoms with Crippen LogP contribution >= 0.6 is 11.8 Å². The highest BCUT2D eigenvalue weighted by molar-refractivity contribution is 8.00. The van der Waals surface area contributed by atoms with Gasteiger partial charge in [0.15, 0.2) is 5.16 Å². The summed E-state index contributed by atoms with van der Waals surface area (Å²) < 4.78 is 20.5. The first-order valence-electron chi connectivity index (χ1n) is 7.86. The predicted octanol–water partition coefficient (Wildman–Crippen LogP) is 4.41. The normalized spacial score (nSPS) is 11.9. The topological polar surface area (TPSA) is 44.1 Å². The Bertz CT molecular complexity index is 851. The van der Waals surface area contributed by atoms with Crippen molar-refractivity contribution in [2.75, 3.05) is 6.61 Å². The molecule has 3 aromatic rings. The average Bonchev–Trinajstić information content (AvgIpc) is 3.09. The van der Waals surface area contributed by atoms with E-state index in [0.717, 1.165) is 5.56 Å². The van der Waals surface area contributed by atoms with Crippen LogP contribution in [0.25, 0.3) is 5.69 Å². The summed E-state index contributed by atoms with van der Waals surface area (Å²) >= 11 is 1.28. The van der Waals surface area contributed by atoms with Gasteiger partial charge in [0.05, 0.1) is 12.3 Å². The summed E-state index contributed by atoms with van der Waals surface area (Å²) in [6.45, 7) is 2.08. The summed E-state index contributed by atoms with van der Waals surface area (Å²) in [5, 5.41) is 0.0448. The van der Waals surface area contributed by atoms with Gasteiger partial charge in [-0.05, 0) is 30.7 Å². The van der Waals surface area contributed by atoms with E-state index in [1.54, 1.807) is 36.0 Å². The lowest BCUT2D eigenvalue weighted by atomic mass is 10.1. The molecular weight excluding hydrogens is 339 g/mol. The van der Waals surface area contributed by atoms with Crippen molar-refractivity contribution in [3.63, 3.8) is 0 Å². The van der Waals surface area contributed by atoms with Gasteiger partial charge in [-0.3, -0.25) is 9.36 Å². The minimum Gasteiger partial charge on any atom is -0.465 e. The standard InChI is InChI=1S/C19H17FN2O2S/c1-2-24-18(23)17(14-7-4-3-5-8-14)25-19-21-11-12-22(19)16-10-6-9-15(20)13-16/h3-13,17H,2H2,1H3/t17-/m0/s1. The van der Waals surface area contributed by atoms with E-state index >= 15 is 0 Å². The SMILES string of the molecule is CCOC(=O)[C@@H](Sc1nccn1-c1cccc(F)c1)c1ccccc1. The molecule has 0 amide bonds. The highest BCUT2D eigenvalue weighted by Gasteiger charge is 2.25. The molecule has 4 nitrogen and oxygen atoms in total. The number of hydrogen-bond donors (Lipinski definition) is 0. The summed E-state index contributed by atoms with van der Waals surface area (Å²) in [6.07, 6.45) is 3.37. The number of hydrogen-bond acceptors (Lipinski definition) is 4. The maximum atomic E-state index is 13.5. The van der Waals surface area contributed by atoms with Gasteiger partial charge in [-0.1, -0.05) is 48.2 Å². The van der Waals surface area contributed by atoms with Gasteiger partial charge in [-0.15, -0.1) is 0 Å². The fourth-order valence-electron chi connectivity index (χ4n) is 2.40. The van der Waals surface area contributed by atoms with Crippen molar-refractivity contribution in [1.29, 1.82) is 0 Å². The minimum absolute atomic E-state index is 0.307. The lowest BCUT2D eigenvalue weighted by Gasteiger charge is -2.16. The van der Waals surface area contributed by atoms with E-state index in [-0.39, 0.29) is 11.8 Å². The van der Waals surface area contributed by atoms with Crippen molar-refractivity contribution < 1.29 is 13.9 Å². The molecule has 1 heterocycles. The molecule has 25 heavy (non-hydrogen) atoms. The molecule has 0 aliphatic heterocycles. The lowest BCUT2D eigenvalue weighted by molar-refractivity contribution is -0.142. The van der Waals surface area contributed by atoms with Crippen LogP contribution < -0.4 is 0 Å². The molecule has 0 bridgehead atoms.